The molecule has 2 N–H and O–H groups in total. The second kappa shape index (κ2) is 7.63. The predicted octanol–water partition coefficient (Wildman–Crippen LogP) is 3.91. The third kappa shape index (κ3) is 3.62. The van der Waals surface area contributed by atoms with Crippen LogP contribution in [0.4, 0.5) is 10.1 Å². The van der Waals surface area contributed by atoms with Gasteiger partial charge >= 0.3 is 5.97 Å². The van der Waals surface area contributed by atoms with Gasteiger partial charge in [-0.25, -0.2) is 9.18 Å². The molecule has 29 heavy (non-hydrogen) atoms. The Morgan fingerprint density at radius 2 is 1.72 bits per heavy atom. The maximum atomic E-state index is 13.8. The molecule has 0 spiro atoms. The van der Waals surface area contributed by atoms with Gasteiger partial charge in [0.1, 0.15) is 12.0 Å². The molecular formula is C22H17FN2O4. The molecule has 3 aromatic rings. The molecule has 146 valence electrons. The zero-order valence-electron chi connectivity index (χ0n) is 15.4. The standard InChI is InChI=1S/C22H17FN2O4/c1-28-19-12-13(20-24-17-9-5-3-7-15(17)21(26)25-20)10-11-18(19)29-22(27)14-6-2-4-8-16(14)23/h2-12,20,24H,1H3,(H,25,26)/t20-/m1/s1. The highest BCUT2D eigenvalue weighted by Crippen LogP contribution is 2.33. The van der Waals surface area contributed by atoms with Crippen molar-refractivity contribution in [3.05, 3.63) is 89.2 Å². The molecule has 7 heteroatoms. The van der Waals surface area contributed by atoms with Crippen LogP contribution >= 0.6 is 0 Å². The summed E-state index contributed by atoms with van der Waals surface area (Å²) in [5.74, 6) is -1.26. The van der Waals surface area contributed by atoms with Gasteiger partial charge in [-0.05, 0) is 42.0 Å². The topological polar surface area (TPSA) is 76.7 Å². The van der Waals surface area contributed by atoms with E-state index in [4.69, 9.17) is 9.47 Å². The Labute approximate surface area is 166 Å². The number of halogens is 1. The summed E-state index contributed by atoms with van der Waals surface area (Å²) >= 11 is 0. The molecule has 0 aliphatic carbocycles. The van der Waals surface area contributed by atoms with Crippen molar-refractivity contribution in [2.75, 3.05) is 12.4 Å². The number of hydrogen-bond acceptors (Lipinski definition) is 5. The van der Waals surface area contributed by atoms with E-state index in [1.807, 2.05) is 12.1 Å². The van der Waals surface area contributed by atoms with Crippen LogP contribution in [0, 0.1) is 5.82 Å². The van der Waals surface area contributed by atoms with Crippen molar-refractivity contribution in [2.45, 2.75) is 6.17 Å². The zero-order chi connectivity index (χ0) is 20.4. The van der Waals surface area contributed by atoms with Gasteiger partial charge in [0.2, 0.25) is 0 Å². The number of methoxy groups -OCH3 is 1. The molecule has 3 aromatic carbocycles. The molecule has 4 rings (SSSR count). The van der Waals surface area contributed by atoms with Crippen molar-refractivity contribution >= 4 is 17.6 Å². The van der Waals surface area contributed by atoms with Gasteiger partial charge in [-0.2, -0.15) is 0 Å². The summed E-state index contributed by atoms with van der Waals surface area (Å²) in [4.78, 5) is 24.6. The number of amides is 1. The van der Waals surface area contributed by atoms with Crippen molar-refractivity contribution < 1.29 is 23.5 Å². The lowest BCUT2D eigenvalue weighted by Crippen LogP contribution is -2.38. The lowest BCUT2D eigenvalue weighted by molar-refractivity contribution is 0.0724. The fourth-order valence-electron chi connectivity index (χ4n) is 3.10. The van der Waals surface area contributed by atoms with Crippen LogP contribution in [0.1, 0.15) is 32.4 Å². The summed E-state index contributed by atoms with van der Waals surface area (Å²) in [5.41, 5.74) is 1.81. The molecule has 6 nitrogen and oxygen atoms in total. The van der Waals surface area contributed by atoms with Gasteiger partial charge in [0, 0.05) is 5.69 Å². The third-order valence-corrected chi connectivity index (χ3v) is 4.56. The minimum atomic E-state index is -0.827. The molecular weight excluding hydrogens is 375 g/mol. The second-order valence-corrected chi connectivity index (χ2v) is 6.38. The lowest BCUT2D eigenvalue weighted by atomic mass is 10.1. The van der Waals surface area contributed by atoms with E-state index in [2.05, 4.69) is 10.6 Å². The Balaban J connectivity index is 1.58. The van der Waals surface area contributed by atoms with E-state index in [0.717, 1.165) is 5.69 Å². The number of benzene rings is 3. The Morgan fingerprint density at radius 1 is 0.966 bits per heavy atom. The molecule has 1 amide bonds. The van der Waals surface area contributed by atoms with Gasteiger partial charge in [-0.15, -0.1) is 0 Å². The monoisotopic (exact) mass is 392 g/mol. The summed E-state index contributed by atoms with van der Waals surface area (Å²) < 4.78 is 24.4. The maximum absolute atomic E-state index is 13.8. The molecule has 1 aliphatic rings. The van der Waals surface area contributed by atoms with Gasteiger partial charge in [0.25, 0.3) is 5.91 Å². The fraction of sp³-hybridized carbons (Fsp3) is 0.0909. The van der Waals surface area contributed by atoms with Crippen LogP contribution < -0.4 is 20.1 Å². The molecule has 1 heterocycles. The van der Waals surface area contributed by atoms with Crippen LogP contribution in [0.5, 0.6) is 11.5 Å². The zero-order valence-corrected chi connectivity index (χ0v) is 15.4. The molecule has 0 aromatic heterocycles. The van der Waals surface area contributed by atoms with E-state index < -0.39 is 18.0 Å². The molecule has 1 aliphatic heterocycles. The van der Waals surface area contributed by atoms with E-state index >= 15 is 0 Å². The highest BCUT2D eigenvalue weighted by atomic mass is 19.1. The molecule has 0 bridgehead atoms. The van der Waals surface area contributed by atoms with Gasteiger partial charge in [-0.3, -0.25) is 4.79 Å². The Morgan fingerprint density at radius 3 is 2.52 bits per heavy atom. The number of ether oxygens (including phenoxy) is 2. The number of carbonyl (C=O) groups excluding carboxylic acids is 2. The van der Waals surface area contributed by atoms with Gasteiger partial charge in [0.05, 0.1) is 18.2 Å². The number of carbonyl (C=O) groups is 2. The Bertz CT molecular complexity index is 1100. The minimum Gasteiger partial charge on any atom is -0.493 e. The Kier molecular flexibility index (Phi) is 4.87. The van der Waals surface area contributed by atoms with Gasteiger partial charge in [-0.1, -0.05) is 30.3 Å². The third-order valence-electron chi connectivity index (χ3n) is 4.56. The molecule has 0 unspecified atom stereocenters. The maximum Gasteiger partial charge on any atom is 0.346 e. The van der Waals surface area contributed by atoms with E-state index in [1.54, 1.807) is 36.4 Å². The average molecular weight is 392 g/mol. The summed E-state index contributed by atoms with van der Waals surface area (Å²) in [6, 6.07) is 17.7. The van der Waals surface area contributed by atoms with Crippen LogP contribution in [0.3, 0.4) is 0 Å². The average Bonchev–Trinajstić information content (AvgIpc) is 2.74. The largest absolute Gasteiger partial charge is 0.493 e. The van der Waals surface area contributed by atoms with Crippen molar-refractivity contribution in [2.24, 2.45) is 0 Å². The van der Waals surface area contributed by atoms with Crippen molar-refractivity contribution in [3.8, 4) is 11.5 Å². The van der Waals surface area contributed by atoms with E-state index in [9.17, 15) is 14.0 Å². The highest BCUT2D eigenvalue weighted by Gasteiger charge is 2.25. The number of hydrogen-bond donors (Lipinski definition) is 2. The van der Waals surface area contributed by atoms with E-state index in [1.165, 1.54) is 25.3 Å². The smallest absolute Gasteiger partial charge is 0.346 e. The first-order valence-electron chi connectivity index (χ1n) is 8.88. The molecule has 1 atom stereocenters. The second-order valence-electron chi connectivity index (χ2n) is 6.38. The molecule has 0 radical (unpaired) electrons. The van der Waals surface area contributed by atoms with Crippen molar-refractivity contribution in [3.63, 3.8) is 0 Å². The SMILES string of the molecule is COc1cc([C@H]2NC(=O)c3ccccc3N2)ccc1OC(=O)c1ccccc1F. The van der Waals surface area contributed by atoms with Crippen LogP contribution in [0.2, 0.25) is 0 Å². The molecule has 0 fully saturated rings. The van der Waals surface area contributed by atoms with Gasteiger partial charge in [0.15, 0.2) is 11.5 Å². The summed E-state index contributed by atoms with van der Waals surface area (Å²) in [5, 5.41) is 6.11. The van der Waals surface area contributed by atoms with Crippen LogP contribution in [0.15, 0.2) is 66.7 Å². The van der Waals surface area contributed by atoms with Crippen LogP contribution in [0.25, 0.3) is 0 Å². The summed E-state index contributed by atoms with van der Waals surface area (Å²) in [6.07, 6.45) is -0.484. The first-order valence-corrected chi connectivity index (χ1v) is 8.88. The molecule has 0 saturated heterocycles. The Hall–Kier alpha value is -3.87. The van der Waals surface area contributed by atoms with Crippen LogP contribution in [-0.4, -0.2) is 19.0 Å². The first-order chi connectivity index (χ1) is 14.1. The minimum absolute atomic E-state index is 0.145. The van der Waals surface area contributed by atoms with Crippen molar-refractivity contribution in [1.29, 1.82) is 0 Å². The number of rotatable bonds is 4. The number of anilines is 1. The predicted molar refractivity (Wildman–Crippen MR) is 105 cm³/mol. The summed E-state index contributed by atoms with van der Waals surface area (Å²) in [7, 11) is 1.43. The molecule has 0 saturated carbocycles. The number of nitrogens with one attached hydrogen (secondary N) is 2. The van der Waals surface area contributed by atoms with E-state index in [0.29, 0.717) is 11.1 Å². The van der Waals surface area contributed by atoms with Crippen molar-refractivity contribution in [1.82, 2.24) is 5.32 Å². The first kappa shape index (κ1) is 18.5. The van der Waals surface area contributed by atoms with Crippen LogP contribution in [-0.2, 0) is 0 Å². The van der Waals surface area contributed by atoms with Gasteiger partial charge < -0.3 is 20.1 Å². The van der Waals surface area contributed by atoms with E-state index in [-0.39, 0.29) is 23.0 Å². The number of para-hydroxylation sites is 1. The lowest BCUT2D eigenvalue weighted by Gasteiger charge is -2.28. The normalized spacial score (nSPS) is 15.0. The number of esters is 1. The highest BCUT2D eigenvalue weighted by molar-refractivity contribution is 6.01. The fourth-order valence-corrected chi connectivity index (χ4v) is 3.10. The summed E-state index contributed by atoms with van der Waals surface area (Å²) in [6.45, 7) is 0. The number of fused-ring (bicyclic) bond motifs is 1. The quantitative estimate of drug-likeness (QED) is 0.520.